The van der Waals surface area contributed by atoms with Crippen molar-refractivity contribution >= 4 is 37.8 Å². The van der Waals surface area contributed by atoms with Crippen molar-refractivity contribution in [2.75, 3.05) is 33.3 Å². The summed E-state index contributed by atoms with van der Waals surface area (Å²) in [6, 6.07) is 15.9. The number of nitrogens with one attached hydrogen (secondary N) is 2. The third-order valence-electron chi connectivity index (χ3n) is 6.25. The molecule has 2 atom stereocenters. The van der Waals surface area contributed by atoms with Gasteiger partial charge < -0.3 is 14.7 Å². The van der Waals surface area contributed by atoms with Crippen LogP contribution < -0.4 is 4.74 Å². The number of carbonyl (C=O) groups excluding carboxylic acids is 1. The number of likely N-dealkylation sites (tertiary alicyclic amines) is 1. The molecular weight excluding hydrogens is 558 g/mol. The second-order valence-corrected chi connectivity index (χ2v) is 10.1. The fraction of sp³-hybridized carbons (Fsp3) is 0.385. The van der Waals surface area contributed by atoms with E-state index >= 15 is 0 Å². The van der Waals surface area contributed by atoms with Gasteiger partial charge in [-0.15, -0.1) is 0 Å². The Balaban J connectivity index is 0.000000621. The van der Waals surface area contributed by atoms with Gasteiger partial charge in [0, 0.05) is 38.3 Å². The summed E-state index contributed by atoms with van der Waals surface area (Å²) in [6.45, 7) is 6.18. The van der Waals surface area contributed by atoms with Crippen LogP contribution in [0.5, 0.6) is 5.75 Å². The van der Waals surface area contributed by atoms with E-state index in [9.17, 15) is 9.90 Å². The minimum absolute atomic E-state index is 0.0471. The van der Waals surface area contributed by atoms with Gasteiger partial charge in [0.05, 0.1) is 17.7 Å². The summed E-state index contributed by atoms with van der Waals surface area (Å²) in [5, 5.41) is 10.9. The molecule has 0 bridgehead atoms. The highest BCUT2D eigenvalue weighted by Gasteiger charge is 2.28. The van der Waals surface area contributed by atoms with Crippen LogP contribution in [0.15, 0.2) is 54.7 Å². The van der Waals surface area contributed by atoms with Crippen molar-refractivity contribution in [3.8, 4) is 5.75 Å². The summed E-state index contributed by atoms with van der Waals surface area (Å²) in [4.78, 5) is 21.6. The number of aliphatic hydroxyl groups is 1. The van der Waals surface area contributed by atoms with Crippen molar-refractivity contribution in [2.45, 2.75) is 32.4 Å². The van der Waals surface area contributed by atoms with Crippen LogP contribution >= 0.6 is 0 Å². The number of β-amino-alcohol motifs (C(OH)–C–C–N with tert-alkyl or cyclic N) is 1. The van der Waals surface area contributed by atoms with Gasteiger partial charge in [0.15, 0.2) is 6.61 Å². The maximum atomic E-state index is 13.2. The number of rotatable bonds is 7. The van der Waals surface area contributed by atoms with E-state index in [0.717, 1.165) is 40.6 Å². The van der Waals surface area contributed by atoms with E-state index in [0.29, 0.717) is 18.8 Å². The minimum Gasteiger partial charge on any atom is -0.483 e. The highest BCUT2D eigenvalue weighted by molar-refractivity contribution is 7.60. The third kappa shape index (κ3) is 10.4. The highest BCUT2D eigenvalue weighted by Crippen LogP contribution is 2.28. The summed E-state index contributed by atoms with van der Waals surface area (Å²) in [5.41, 5.74) is 4.21. The summed E-state index contributed by atoms with van der Waals surface area (Å²) in [7, 11) is -3.39. The molecule has 0 saturated carbocycles. The molecule has 1 aliphatic heterocycles. The Morgan fingerprint density at radius 3 is 2.40 bits per heavy atom. The van der Waals surface area contributed by atoms with Crippen LogP contribution in [0.1, 0.15) is 29.2 Å². The first-order valence-electron chi connectivity index (χ1n) is 12.2. The van der Waals surface area contributed by atoms with Gasteiger partial charge in [0.2, 0.25) is 0 Å². The number of amides is 1. The molecule has 3 aromatic rings. The van der Waals surface area contributed by atoms with Gasteiger partial charge in [-0.1, -0.05) is 35.9 Å². The van der Waals surface area contributed by atoms with Gasteiger partial charge in [0.25, 0.3) is 5.91 Å². The van der Waals surface area contributed by atoms with E-state index in [1.165, 1.54) is 0 Å². The van der Waals surface area contributed by atoms with E-state index in [1.54, 1.807) is 11.1 Å². The maximum Gasteiger partial charge on any atom is 0.308 e. The number of aliphatic hydroxyl groups excluding tert-OH is 1. The molecule has 2 heterocycles. The molecule has 1 amide bonds. The monoisotopic (exact) mass is 591 g/mol. The largest absolute Gasteiger partial charge is 0.483 e. The average Bonchev–Trinajstić information content (AvgIpc) is 3.30. The first kappa shape index (κ1) is 32.5. The zero-order valence-electron chi connectivity index (χ0n) is 22.4. The van der Waals surface area contributed by atoms with E-state index < -0.39 is 21.0 Å². The number of hydrogen-bond acceptors (Lipinski definition) is 11. The van der Waals surface area contributed by atoms with Gasteiger partial charge in [0.1, 0.15) is 5.75 Å². The molecule has 1 aromatic heterocycles. The summed E-state index contributed by atoms with van der Waals surface area (Å²) < 4.78 is 51.6. The molecule has 40 heavy (non-hydrogen) atoms. The summed E-state index contributed by atoms with van der Waals surface area (Å²) in [5.74, 6) is 0.573. The van der Waals surface area contributed by atoms with Crippen molar-refractivity contribution in [2.24, 2.45) is 0 Å². The average molecular weight is 592 g/mol. The highest BCUT2D eigenvalue weighted by atomic mass is 32.2. The van der Waals surface area contributed by atoms with Crippen molar-refractivity contribution in [1.82, 2.24) is 14.8 Å². The molecule has 216 valence electrons. The van der Waals surface area contributed by atoms with Gasteiger partial charge in [-0.2, -0.15) is 26.4 Å². The summed E-state index contributed by atoms with van der Waals surface area (Å²) in [6.07, 6.45) is 2.25. The van der Waals surface area contributed by atoms with Crippen molar-refractivity contribution < 1.29 is 31.5 Å². The van der Waals surface area contributed by atoms with E-state index in [-0.39, 0.29) is 24.7 Å². The second-order valence-electron chi connectivity index (χ2n) is 9.17. The van der Waals surface area contributed by atoms with Gasteiger partial charge in [-0.05, 0) is 49.6 Å². The molecule has 3 N–H and O–H groups in total. The lowest BCUT2D eigenvalue weighted by Crippen LogP contribution is -2.41. The van der Waals surface area contributed by atoms with Gasteiger partial charge >= 0.3 is 21.0 Å². The molecular formula is C26H33N5O7S2. The number of carbonyl (C=O) groups is 1. The topological polar surface area (TPSA) is 182 Å². The fourth-order valence-corrected chi connectivity index (χ4v) is 4.38. The summed E-state index contributed by atoms with van der Waals surface area (Å²) >= 11 is 0. The molecule has 0 radical (unpaired) electrons. The van der Waals surface area contributed by atoms with Crippen LogP contribution in [0.2, 0.25) is 0 Å². The molecule has 2 aromatic carbocycles. The predicted octanol–water partition coefficient (Wildman–Crippen LogP) is 2.75. The fourth-order valence-electron chi connectivity index (χ4n) is 4.38. The van der Waals surface area contributed by atoms with Crippen LogP contribution in [0.3, 0.4) is 0 Å². The lowest BCUT2D eigenvalue weighted by Gasteiger charge is -2.32. The number of hydrogen-bond donors (Lipinski definition) is 3. The standard InChI is InChI=1S/C26H31N3O3.2HNO2S/c1-18-6-4-7-20(14-18)23(16-29-13-11-21(30)15-29)28(3)25(31)17-32-24-10-9-19(2)26-22(24)8-5-12-27-26;2*1-4(2)3/h4-10,12,14,21,23,30H,11,13,15-17H2,1-3H3;2*1H/t21-,23?;;/m0../s1. The molecule has 1 saturated heterocycles. The molecule has 12 nitrogen and oxygen atoms in total. The molecule has 1 aliphatic rings. The Morgan fingerprint density at radius 1 is 1.12 bits per heavy atom. The normalized spacial score (nSPS) is 15.2. The number of aryl methyl sites for hydroxylation is 2. The SMILES string of the molecule is Cc1cccc(C(CN2CC[C@H](O)C2)N(C)C(=O)COc2ccc(C)c3ncccc23)c1.N=S(=O)=O.N=S(=O)=O. The quantitative estimate of drug-likeness (QED) is 0.372. The number of ether oxygens (including phenoxy) is 1. The molecule has 1 fully saturated rings. The Morgan fingerprint density at radius 2 is 1.80 bits per heavy atom. The van der Waals surface area contributed by atoms with Crippen LogP contribution in [0.25, 0.3) is 10.9 Å². The third-order valence-corrected chi connectivity index (χ3v) is 6.25. The predicted molar refractivity (Wildman–Crippen MR) is 149 cm³/mol. The first-order chi connectivity index (χ1) is 18.9. The number of aromatic nitrogens is 1. The van der Waals surface area contributed by atoms with Gasteiger partial charge in [-0.3, -0.25) is 14.7 Å². The molecule has 0 spiro atoms. The lowest BCUT2D eigenvalue weighted by molar-refractivity contribution is -0.134. The van der Waals surface area contributed by atoms with E-state index in [4.69, 9.17) is 31.1 Å². The Bertz CT molecular complexity index is 1490. The zero-order chi connectivity index (χ0) is 29.8. The Labute approximate surface area is 236 Å². The van der Waals surface area contributed by atoms with Crippen LogP contribution in [-0.4, -0.2) is 82.0 Å². The second kappa shape index (κ2) is 15.8. The molecule has 4 rings (SSSR count). The number of likely N-dealkylation sites (N-methyl/N-ethyl adjacent to an activating group) is 1. The van der Waals surface area contributed by atoms with Crippen molar-refractivity contribution in [1.29, 1.82) is 9.56 Å². The minimum atomic E-state index is -2.61. The van der Waals surface area contributed by atoms with Crippen LogP contribution in [-0.2, 0) is 25.8 Å². The number of fused-ring (bicyclic) bond motifs is 1. The van der Waals surface area contributed by atoms with Crippen LogP contribution in [0, 0.1) is 23.4 Å². The Kier molecular flexibility index (Phi) is 12.8. The van der Waals surface area contributed by atoms with Crippen molar-refractivity contribution in [3.05, 3.63) is 71.4 Å². The Hall–Kier alpha value is -3.72. The van der Waals surface area contributed by atoms with Crippen molar-refractivity contribution in [3.63, 3.8) is 0 Å². The first-order valence-corrected chi connectivity index (χ1v) is 14.3. The van der Waals surface area contributed by atoms with Crippen LogP contribution in [0.4, 0.5) is 0 Å². The van der Waals surface area contributed by atoms with Gasteiger partial charge in [-0.25, -0.2) is 0 Å². The smallest absolute Gasteiger partial charge is 0.308 e. The molecule has 1 unspecified atom stereocenters. The maximum absolute atomic E-state index is 13.2. The number of benzene rings is 2. The van der Waals surface area contributed by atoms with E-state index in [1.807, 2.05) is 44.3 Å². The number of nitrogens with zero attached hydrogens (tertiary/aromatic N) is 3. The number of pyridine rings is 1. The molecule has 14 heteroatoms. The molecule has 0 aliphatic carbocycles. The van der Waals surface area contributed by atoms with E-state index in [2.05, 4.69) is 35.0 Å². The lowest BCUT2D eigenvalue weighted by atomic mass is 10.0. The zero-order valence-corrected chi connectivity index (χ0v) is 24.1.